The molecule has 1 amide bonds. The van der Waals surface area contributed by atoms with E-state index in [1.54, 1.807) is 18.4 Å². The first-order chi connectivity index (χ1) is 13.5. The first-order valence-electron chi connectivity index (χ1n) is 9.57. The molecule has 1 N–H and O–H groups in total. The molecule has 0 spiro atoms. The summed E-state index contributed by atoms with van der Waals surface area (Å²) in [5.41, 5.74) is 4.69. The molecule has 2 aromatic heterocycles. The number of ether oxygens (including phenoxy) is 1. The number of amides is 1. The number of carbonyl (C=O) groups excluding carboxylic acids is 1. The number of hydrogen-bond donors (Lipinski definition) is 1. The average molecular weight is 398 g/mol. The maximum absolute atomic E-state index is 12.7. The number of thiazole rings is 1. The van der Waals surface area contributed by atoms with Gasteiger partial charge in [-0.15, -0.1) is 11.3 Å². The topological polar surface area (TPSA) is 56.2 Å². The number of carbonyl (C=O) groups is 1. The molecule has 0 aliphatic carbocycles. The molecule has 1 aromatic carbocycles. The summed E-state index contributed by atoms with van der Waals surface area (Å²) >= 11 is 1.62. The van der Waals surface area contributed by atoms with Gasteiger partial charge in [-0.05, 0) is 44.0 Å². The first kappa shape index (κ1) is 20.1. The largest absolute Gasteiger partial charge is 0.497 e. The maximum atomic E-state index is 12.7. The van der Waals surface area contributed by atoms with Crippen LogP contribution in [0, 0.1) is 13.8 Å². The third kappa shape index (κ3) is 4.44. The lowest BCUT2D eigenvalue weighted by Crippen LogP contribution is -2.24. The Morgan fingerprint density at radius 1 is 1.25 bits per heavy atom. The predicted octanol–water partition coefficient (Wildman–Crippen LogP) is 4.82. The molecule has 0 saturated carbocycles. The Hall–Kier alpha value is -2.60. The molecule has 0 atom stereocenters. The highest BCUT2D eigenvalue weighted by atomic mass is 32.1. The van der Waals surface area contributed by atoms with Crippen LogP contribution in [0.2, 0.25) is 0 Å². The van der Waals surface area contributed by atoms with Crippen molar-refractivity contribution in [1.82, 2.24) is 14.9 Å². The number of aryl methyl sites for hydroxylation is 1. The number of aromatic nitrogens is 2. The van der Waals surface area contributed by atoms with Crippen LogP contribution < -0.4 is 10.1 Å². The normalized spacial score (nSPS) is 10.9. The van der Waals surface area contributed by atoms with Crippen molar-refractivity contribution in [3.8, 4) is 17.1 Å². The molecule has 0 unspecified atom stereocenters. The Bertz CT molecular complexity index is 941. The van der Waals surface area contributed by atoms with Crippen LogP contribution >= 0.6 is 11.3 Å². The molecule has 3 aromatic rings. The lowest BCUT2D eigenvalue weighted by atomic mass is 10.2. The van der Waals surface area contributed by atoms with E-state index in [1.807, 2.05) is 37.4 Å². The zero-order valence-corrected chi connectivity index (χ0v) is 17.7. The van der Waals surface area contributed by atoms with Gasteiger partial charge in [0.1, 0.15) is 5.75 Å². The molecule has 6 heteroatoms. The van der Waals surface area contributed by atoms with Gasteiger partial charge in [-0.3, -0.25) is 4.79 Å². The summed E-state index contributed by atoms with van der Waals surface area (Å²) in [6.45, 7) is 7.48. The monoisotopic (exact) mass is 397 g/mol. The lowest BCUT2D eigenvalue weighted by Gasteiger charge is -2.12. The van der Waals surface area contributed by atoms with E-state index in [1.165, 1.54) is 0 Å². The van der Waals surface area contributed by atoms with Crippen LogP contribution in [-0.2, 0) is 6.54 Å². The SMILES string of the molecule is CCCCNC(=O)c1cc(-c2csc(C)n2)n(Cc2ccc(OC)cc2)c1C. The van der Waals surface area contributed by atoms with Gasteiger partial charge < -0.3 is 14.6 Å². The van der Waals surface area contributed by atoms with Crippen molar-refractivity contribution in [3.63, 3.8) is 0 Å². The zero-order valence-electron chi connectivity index (χ0n) is 16.9. The molecule has 0 bridgehead atoms. The van der Waals surface area contributed by atoms with Crippen LogP contribution in [0.25, 0.3) is 11.4 Å². The highest BCUT2D eigenvalue weighted by Crippen LogP contribution is 2.28. The molecule has 3 rings (SSSR count). The van der Waals surface area contributed by atoms with Crippen molar-refractivity contribution in [2.24, 2.45) is 0 Å². The third-order valence-corrected chi connectivity index (χ3v) is 5.58. The summed E-state index contributed by atoms with van der Waals surface area (Å²) in [7, 11) is 1.66. The number of nitrogens with one attached hydrogen (secondary N) is 1. The van der Waals surface area contributed by atoms with Gasteiger partial charge in [-0.2, -0.15) is 0 Å². The van der Waals surface area contributed by atoms with Crippen LogP contribution in [-0.4, -0.2) is 29.1 Å². The van der Waals surface area contributed by atoms with Gasteiger partial charge in [0.25, 0.3) is 5.91 Å². The minimum absolute atomic E-state index is 0.0207. The molecule has 28 heavy (non-hydrogen) atoms. The van der Waals surface area contributed by atoms with E-state index < -0.39 is 0 Å². The maximum Gasteiger partial charge on any atom is 0.253 e. The Balaban J connectivity index is 1.96. The number of methoxy groups -OCH3 is 1. The number of nitrogens with zero attached hydrogens (tertiary/aromatic N) is 2. The van der Waals surface area contributed by atoms with Gasteiger partial charge in [0.15, 0.2) is 0 Å². The zero-order chi connectivity index (χ0) is 20.1. The lowest BCUT2D eigenvalue weighted by molar-refractivity contribution is 0.0952. The second-order valence-electron chi connectivity index (χ2n) is 6.82. The molecule has 0 fully saturated rings. The van der Waals surface area contributed by atoms with Gasteiger partial charge >= 0.3 is 0 Å². The van der Waals surface area contributed by atoms with Gasteiger partial charge in [-0.25, -0.2) is 4.98 Å². The number of hydrogen-bond acceptors (Lipinski definition) is 4. The van der Waals surface area contributed by atoms with E-state index in [9.17, 15) is 4.79 Å². The van der Waals surface area contributed by atoms with Crippen molar-refractivity contribution in [2.75, 3.05) is 13.7 Å². The van der Waals surface area contributed by atoms with Crippen LogP contribution in [0.4, 0.5) is 0 Å². The summed E-state index contributed by atoms with van der Waals surface area (Å²) in [6, 6.07) is 9.98. The second-order valence-corrected chi connectivity index (χ2v) is 7.89. The minimum Gasteiger partial charge on any atom is -0.497 e. The summed E-state index contributed by atoms with van der Waals surface area (Å²) < 4.78 is 7.42. The number of benzene rings is 1. The van der Waals surface area contributed by atoms with Gasteiger partial charge in [-0.1, -0.05) is 25.5 Å². The Labute approximate surface area is 170 Å². The van der Waals surface area contributed by atoms with Crippen molar-refractivity contribution < 1.29 is 9.53 Å². The van der Waals surface area contributed by atoms with E-state index in [4.69, 9.17) is 4.74 Å². The van der Waals surface area contributed by atoms with Crippen LogP contribution in [0.5, 0.6) is 5.75 Å². The van der Waals surface area contributed by atoms with E-state index >= 15 is 0 Å². The standard InChI is InChI=1S/C22H27N3O2S/c1-5-6-11-23-22(26)19-12-21(20-14-28-16(3)24-20)25(15(19)2)13-17-7-9-18(27-4)10-8-17/h7-10,12,14H,5-6,11,13H2,1-4H3,(H,23,26). The Morgan fingerprint density at radius 2 is 2.00 bits per heavy atom. The molecular formula is C22H27N3O2S. The summed E-state index contributed by atoms with van der Waals surface area (Å²) in [6.07, 6.45) is 2.04. The summed E-state index contributed by atoms with van der Waals surface area (Å²) in [4.78, 5) is 17.4. The fraction of sp³-hybridized carbons (Fsp3) is 0.364. The molecule has 5 nitrogen and oxygen atoms in total. The van der Waals surface area contributed by atoms with E-state index in [0.717, 1.165) is 46.2 Å². The predicted molar refractivity (Wildman–Crippen MR) is 114 cm³/mol. The summed E-state index contributed by atoms with van der Waals surface area (Å²) in [5, 5.41) is 6.09. The van der Waals surface area contributed by atoms with E-state index in [2.05, 4.69) is 33.9 Å². The molecule has 0 saturated heterocycles. The van der Waals surface area contributed by atoms with Crippen LogP contribution in [0.3, 0.4) is 0 Å². The van der Waals surface area contributed by atoms with Gasteiger partial charge in [0.05, 0.1) is 29.1 Å². The Kier molecular flexibility index (Phi) is 6.52. The van der Waals surface area contributed by atoms with Crippen molar-refractivity contribution >= 4 is 17.2 Å². The highest BCUT2D eigenvalue weighted by Gasteiger charge is 2.20. The van der Waals surface area contributed by atoms with Crippen LogP contribution in [0.15, 0.2) is 35.7 Å². The fourth-order valence-corrected chi connectivity index (χ4v) is 3.77. The molecule has 0 radical (unpaired) electrons. The highest BCUT2D eigenvalue weighted by molar-refractivity contribution is 7.09. The van der Waals surface area contributed by atoms with Crippen molar-refractivity contribution in [1.29, 1.82) is 0 Å². The molecule has 0 aliphatic heterocycles. The smallest absolute Gasteiger partial charge is 0.253 e. The molecule has 0 aliphatic rings. The minimum atomic E-state index is -0.0207. The first-order valence-corrected chi connectivity index (χ1v) is 10.4. The second kappa shape index (κ2) is 9.06. The van der Waals surface area contributed by atoms with E-state index in [-0.39, 0.29) is 5.91 Å². The summed E-state index contributed by atoms with van der Waals surface area (Å²) in [5.74, 6) is 0.812. The Morgan fingerprint density at radius 3 is 2.61 bits per heavy atom. The average Bonchev–Trinajstić information content (AvgIpc) is 3.26. The van der Waals surface area contributed by atoms with E-state index in [0.29, 0.717) is 18.7 Å². The fourth-order valence-electron chi connectivity index (χ4n) is 3.16. The number of rotatable bonds is 8. The van der Waals surface area contributed by atoms with Crippen molar-refractivity contribution in [2.45, 2.75) is 40.2 Å². The van der Waals surface area contributed by atoms with Gasteiger partial charge in [0, 0.05) is 24.2 Å². The van der Waals surface area contributed by atoms with Crippen molar-refractivity contribution in [3.05, 3.63) is 57.5 Å². The molecule has 2 heterocycles. The van der Waals surface area contributed by atoms with Crippen LogP contribution in [0.1, 0.15) is 46.4 Å². The molecule has 148 valence electrons. The van der Waals surface area contributed by atoms with Gasteiger partial charge in [0.2, 0.25) is 0 Å². The third-order valence-electron chi connectivity index (χ3n) is 4.81. The number of unbranched alkanes of at least 4 members (excludes halogenated alkanes) is 1. The molecular weight excluding hydrogens is 370 g/mol. The quantitative estimate of drug-likeness (QED) is 0.555.